The summed E-state index contributed by atoms with van der Waals surface area (Å²) in [4.78, 5) is 21.8. The lowest BCUT2D eigenvalue weighted by Crippen LogP contribution is -2.58. The standard InChI is InChI=1S/C21H31N3O3/c1-14-12-23(19(25)27-20(2,3)4)13-16-11-15-7-8-17(22-18(15)24(14)16)21(5)9-6-10-26-21/h7-8,14,16H,6,9-13H2,1-5H3/t14-,16-,21?/m1/s1. The summed E-state index contributed by atoms with van der Waals surface area (Å²) in [5.74, 6) is 1.07. The first-order valence-corrected chi connectivity index (χ1v) is 10.1. The van der Waals surface area contributed by atoms with Crippen LogP contribution in [0.4, 0.5) is 10.6 Å². The quantitative estimate of drug-likeness (QED) is 0.754. The molecule has 4 heterocycles. The van der Waals surface area contributed by atoms with Crippen LogP contribution in [0, 0.1) is 0 Å². The number of rotatable bonds is 1. The smallest absolute Gasteiger partial charge is 0.410 e. The van der Waals surface area contributed by atoms with E-state index in [0.29, 0.717) is 13.1 Å². The van der Waals surface area contributed by atoms with Crippen LogP contribution in [0.25, 0.3) is 0 Å². The Balaban J connectivity index is 1.55. The zero-order chi connectivity index (χ0) is 19.4. The highest BCUT2D eigenvalue weighted by atomic mass is 16.6. The first kappa shape index (κ1) is 18.5. The Bertz CT molecular complexity index is 737. The Hall–Kier alpha value is -1.82. The maximum Gasteiger partial charge on any atom is 0.410 e. The molecule has 6 heteroatoms. The van der Waals surface area contributed by atoms with Crippen LogP contribution in [0.2, 0.25) is 0 Å². The first-order valence-electron chi connectivity index (χ1n) is 10.1. The second kappa shape index (κ2) is 6.36. The molecule has 0 saturated carbocycles. The summed E-state index contributed by atoms with van der Waals surface area (Å²) in [5.41, 5.74) is 1.56. The van der Waals surface area contributed by atoms with Gasteiger partial charge in [0.1, 0.15) is 17.0 Å². The van der Waals surface area contributed by atoms with Gasteiger partial charge in [0, 0.05) is 25.7 Å². The molecule has 0 bridgehead atoms. The molecule has 2 saturated heterocycles. The highest BCUT2D eigenvalue weighted by molar-refractivity contribution is 5.69. The maximum absolute atomic E-state index is 12.5. The van der Waals surface area contributed by atoms with Crippen molar-refractivity contribution in [3.63, 3.8) is 0 Å². The van der Waals surface area contributed by atoms with Gasteiger partial charge in [0.05, 0.1) is 11.7 Å². The number of hydrogen-bond donors (Lipinski definition) is 0. The van der Waals surface area contributed by atoms with Gasteiger partial charge in [-0.3, -0.25) is 0 Å². The minimum atomic E-state index is -0.469. The molecule has 1 unspecified atom stereocenters. The van der Waals surface area contributed by atoms with Crippen molar-refractivity contribution in [1.82, 2.24) is 9.88 Å². The van der Waals surface area contributed by atoms with Crippen LogP contribution in [-0.4, -0.2) is 53.4 Å². The summed E-state index contributed by atoms with van der Waals surface area (Å²) in [6.07, 6.45) is 2.81. The number of fused-ring (bicyclic) bond motifs is 3. The highest BCUT2D eigenvalue weighted by Gasteiger charge is 2.42. The number of amides is 1. The minimum absolute atomic E-state index is 0.206. The molecule has 3 aliphatic heterocycles. The summed E-state index contributed by atoms with van der Waals surface area (Å²) in [6.45, 7) is 12.2. The van der Waals surface area contributed by atoms with E-state index in [0.717, 1.165) is 37.4 Å². The number of anilines is 1. The van der Waals surface area contributed by atoms with Crippen molar-refractivity contribution >= 4 is 11.9 Å². The molecule has 3 atom stereocenters. The van der Waals surface area contributed by atoms with Gasteiger partial charge in [-0.05, 0) is 65.5 Å². The van der Waals surface area contributed by atoms with E-state index >= 15 is 0 Å². The summed E-state index contributed by atoms with van der Waals surface area (Å²) in [6, 6.07) is 4.79. The average Bonchev–Trinajstić information content (AvgIpc) is 3.16. The summed E-state index contributed by atoms with van der Waals surface area (Å²) in [7, 11) is 0. The van der Waals surface area contributed by atoms with Crippen LogP contribution < -0.4 is 4.90 Å². The van der Waals surface area contributed by atoms with Gasteiger partial charge >= 0.3 is 6.09 Å². The van der Waals surface area contributed by atoms with Crippen molar-refractivity contribution in [1.29, 1.82) is 0 Å². The van der Waals surface area contributed by atoms with Crippen LogP contribution in [0.15, 0.2) is 12.1 Å². The Kier molecular flexibility index (Phi) is 4.37. The predicted molar refractivity (Wildman–Crippen MR) is 104 cm³/mol. The third kappa shape index (κ3) is 3.40. The number of pyridine rings is 1. The van der Waals surface area contributed by atoms with Crippen molar-refractivity contribution in [3.05, 3.63) is 23.4 Å². The Morgan fingerprint density at radius 2 is 2.11 bits per heavy atom. The lowest BCUT2D eigenvalue weighted by atomic mass is 9.97. The fraction of sp³-hybridized carbons (Fsp3) is 0.714. The molecule has 1 amide bonds. The molecule has 0 N–H and O–H groups in total. The molecule has 27 heavy (non-hydrogen) atoms. The van der Waals surface area contributed by atoms with Crippen LogP contribution in [0.5, 0.6) is 0 Å². The van der Waals surface area contributed by atoms with Gasteiger partial charge in [0.15, 0.2) is 0 Å². The molecule has 3 aliphatic rings. The Labute approximate surface area is 161 Å². The number of piperazine rings is 1. The van der Waals surface area contributed by atoms with Crippen LogP contribution >= 0.6 is 0 Å². The molecule has 0 aromatic carbocycles. The number of carbonyl (C=O) groups excluding carboxylic acids is 1. The lowest BCUT2D eigenvalue weighted by molar-refractivity contribution is 0.0133. The normalized spacial score (nSPS) is 30.3. The van der Waals surface area contributed by atoms with Gasteiger partial charge in [0.25, 0.3) is 0 Å². The number of carbonyl (C=O) groups is 1. The molecule has 148 valence electrons. The van der Waals surface area contributed by atoms with Gasteiger partial charge in [0.2, 0.25) is 0 Å². The average molecular weight is 373 g/mol. The SMILES string of the molecule is C[C@@H]1CN(C(=O)OC(C)(C)C)C[C@H]2Cc3ccc(C4(C)CCCO4)nc3N21. The van der Waals surface area contributed by atoms with Gasteiger partial charge in [-0.2, -0.15) is 0 Å². The van der Waals surface area contributed by atoms with E-state index in [1.54, 1.807) is 0 Å². The largest absolute Gasteiger partial charge is 0.444 e. The van der Waals surface area contributed by atoms with E-state index in [1.165, 1.54) is 5.56 Å². The maximum atomic E-state index is 12.5. The molecule has 2 fully saturated rings. The monoisotopic (exact) mass is 373 g/mol. The molecule has 1 aromatic rings. The van der Waals surface area contributed by atoms with E-state index in [1.807, 2.05) is 25.7 Å². The van der Waals surface area contributed by atoms with E-state index in [-0.39, 0.29) is 23.8 Å². The Morgan fingerprint density at radius 3 is 2.78 bits per heavy atom. The molecule has 0 spiro atoms. The molecule has 0 aliphatic carbocycles. The van der Waals surface area contributed by atoms with E-state index in [9.17, 15) is 4.79 Å². The highest BCUT2D eigenvalue weighted by Crippen LogP contribution is 2.40. The fourth-order valence-electron chi connectivity index (χ4n) is 4.59. The predicted octanol–water partition coefficient (Wildman–Crippen LogP) is 3.48. The van der Waals surface area contributed by atoms with E-state index in [4.69, 9.17) is 14.5 Å². The minimum Gasteiger partial charge on any atom is -0.444 e. The summed E-state index contributed by atoms with van der Waals surface area (Å²) in [5, 5.41) is 0. The van der Waals surface area contributed by atoms with Gasteiger partial charge < -0.3 is 19.3 Å². The van der Waals surface area contributed by atoms with Crippen molar-refractivity contribution in [3.8, 4) is 0 Å². The van der Waals surface area contributed by atoms with Crippen molar-refractivity contribution in [2.75, 3.05) is 24.6 Å². The van der Waals surface area contributed by atoms with E-state index < -0.39 is 5.60 Å². The van der Waals surface area contributed by atoms with Crippen LogP contribution in [0.3, 0.4) is 0 Å². The Morgan fingerprint density at radius 1 is 1.33 bits per heavy atom. The molecule has 1 aromatic heterocycles. The topological polar surface area (TPSA) is 54.9 Å². The second-order valence-electron chi connectivity index (χ2n) is 9.36. The molecule has 4 rings (SSSR count). The molecule has 0 radical (unpaired) electrons. The van der Waals surface area contributed by atoms with Crippen LogP contribution in [-0.2, 0) is 21.5 Å². The molecule has 6 nitrogen and oxygen atoms in total. The van der Waals surface area contributed by atoms with Crippen molar-refractivity contribution in [2.45, 2.75) is 77.2 Å². The van der Waals surface area contributed by atoms with Crippen LogP contribution in [0.1, 0.15) is 58.7 Å². The summed E-state index contributed by atoms with van der Waals surface area (Å²) < 4.78 is 11.6. The first-order chi connectivity index (χ1) is 12.7. The summed E-state index contributed by atoms with van der Waals surface area (Å²) >= 11 is 0. The third-order valence-electron chi connectivity index (χ3n) is 5.85. The van der Waals surface area contributed by atoms with Gasteiger partial charge in [-0.1, -0.05) is 6.07 Å². The zero-order valence-corrected chi connectivity index (χ0v) is 17.1. The van der Waals surface area contributed by atoms with Crippen molar-refractivity contribution < 1.29 is 14.3 Å². The number of ether oxygens (including phenoxy) is 2. The van der Waals surface area contributed by atoms with Crippen molar-refractivity contribution in [2.24, 2.45) is 0 Å². The number of aromatic nitrogens is 1. The fourth-order valence-corrected chi connectivity index (χ4v) is 4.59. The van der Waals surface area contributed by atoms with Gasteiger partial charge in [-0.25, -0.2) is 9.78 Å². The van der Waals surface area contributed by atoms with Gasteiger partial charge in [-0.15, -0.1) is 0 Å². The molecular formula is C21H31N3O3. The number of hydrogen-bond acceptors (Lipinski definition) is 5. The lowest BCUT2D eigenvalue weighted by Gasteiger charge is -2.43. The third-order valence-corrected chi connectivity index (χ3v) is 5.85. The van der Waals surface area contributed by atoms with E-state index in [2.05, 4.69) is 30.9 Å². The number of nitrogens with zero attached hydrogens (tertiary/aromatic N) is 3. The molecular weight excluding hydrogens is 342 g/mol. The zero-order valence-electron chi connectivity index (χ0n) is 17.1. The second-order valence-corrected chi connectivity index (χ2v) is 9.36.